The van der Waals surface area contributed by atoms with Crippen LogP contribution < -0.4 is 5.32 Å². The van der Waals surface area contributed by atoms with Gasteiger partial charge in [0.25, 0.3) is 0 Å². The molecule has 3 aromatic heterocycles. The van der Waals surface area contributed by atoms with E-state index >= 15 is 0 Å². The zero-order chi connectivity index (χ0) is 13.8. The van der Waals surface area contributed by atoms with Crippen molar-refractivity contribution in [3.8, 4) is 0 Å². The second kappa shape index (κ2) is 6.26. The summed E-state index contributed by atoms with van der Waals surface area (Å²) < 4.78 is 6.31. The molecule has 0 amide bonds. The van der Waals surface area contributed by atoms with E-state index in [1.807, 2.05) is 30.5 Å². The Kier molecular flexibility index (Phi) is 4.20. The number of hydrogen-bond acceptors (Lipinski definition) is 4. The molecule has 0 aromatic carbocycles. The predicted octanol–water partition coefficient (Wildman–Crippen LogP) is 3.64. The molecule has 0 saturated carbocycles. The summed E-state index contributed by atoms with van der Waals surface area (Å²) in [6.07, 6.45) is 6.12. The summed E-state index contributed by atoms with van der Waals surface area (Å²) >= 11 is 7.59. The Labute approximate surface area is 125 Å². The summed E-state index contributed by atoms with van der Waals surface area (Å²) in [6.45, 7) is 0.800. The third-order valence-corrected chi connectivity index (χ3v) is 4.27. The lowest BCUT2D eigenvalue weighted by Crippen LogP contribution is -2.24. The predicted molar refractivity (Wildman–Crippen MR) is 80.2 cm³/mol. The first-order valence-corrected chi connectivity index (χ1v) is 7.52. The Morgan fingerprint density at radius 2 is 2.35 bits per heavy atom. The minimum absolute atomic E-state index is 0.0254. The van der Waals surface area contributed by atoms with Gasteiger partial charge in [-0.15, -0.1) is 11.3 Å². The molecule has 1 unspecified atom stereocenters. The number of halogens is 1. The van der Waals surface area contributed by atoms with Crippen molar-refractivity contribution in [1.82, 2.24) is 15.3 Å². The first-order chi connectivity index (χ1) is 9.83. The average Bonchev–Trinajstić information content (AvgIpc) is 3.17. The van der Waals surface area contributed by atoms with Crippen LogP contribution in [0.4, 0.5) is 0 Å². The van der Waals surface area contributed by atoms with Gasteiger partial charge in [-0.05, 0) is 24.3 Å². The smallest absolute Gasteiger partial charge is 0.126 e. The second-order valence-corrected chi connectivity index (χ2v) is 6.08. The fourth-order valence-electron chi connectivity index (χ4n) is 2.05. The molecule has 0 bridgehead atoms. The van der Waals surface area contributed by atoms with Gasteiger partial charge in [-0.2, -0.15) is 0 Å². The lowest BCUT2D eigenvalue weighted by molar-refractivity contribution is 0.450. The van der Waals surface area contributed by atoms with Crippen LogP contribution in [0.25, 0.3) is 0 Å². The standard InChI is InChI=1S/C14H14ClN3OS/c15-12-4-3-11(20-12)14(10-2-1-9-19-10)18-6-5-13-16-7-8-17-13/h1-4,7-9,14,18H,5-6H2,(H,16,17). The van der Waals surface area contributed by atoms with Crippen LogP contribution in [0.15, 0.2) is 47.3 Å². The highest BCUT2D eigenvalue weighted by Gasteiger charge is 2.18. The van der Waals surface area contributed by atoms with Crippen molar-refractivity contribution in [2.24, 2.45) is 0 Å². The molecule has 4 nitrogen and oxygen atoms in total. The molecule has 0 aliphatic rings. The number of H-pyrrole nitrogens is 1. The van der Waals surface area contributed by atoms with E-state index in [1.54, 1.807) is 23.8 Å². The van der Waals surface area contributed by atoms with Gasteiger partial charge in [0.2, 0.25) is 0 Å². The minimum atomic E-state index is 0.0254. The largest absolute Gasteiger partial charge is 0.467 e. The van der Waals surface area contributed by atoms with E-state index in [1.165, 1.54) is 0 Å². The number of aromatic amines is 1. The molecule has 0 spiro atoms. The molecular formula is C14H14ClN3OS. The van der Waals surface area contributed by atoms with Gasteiger partial charge in [0.05, 0.1) is 10.6 Å². The molecule has 0 aliphatic heterocycles. The molecule has 104 valence electrons. The van der Waals surface area contributed by atoms with Crippen molar-refractivity contribution in [1.29, 1.82) is 0 Å². The number of furan rings is 1. The molecule has 3 rings (SSSR count). The third kappa shape index (κ3) is 3.12. The normalized spacial score (nSPS) is 12.7. The molecular weight excluding hydrogens is 294 g/mol. The van der Waals surface area contributed by atoms with E-state index in [9.17, 15) is 0 Å². The average molecular weight is 308 g/mol. The van der Waals surface area contributed by atoms with Gasteiger partial charge in [0.1, 0.15) is 17.6 Å². The van der Waals surface area contributed by atoms with Crippen LogP contribution in [0, 0.1) is 0 Å². The first kappa shape index (κ1) is 13.4. The number of nitrogens with zero attached hydrogens (tertiary/aromatic N) is 1. The maximum atomic E-state index is 6.03. The lowest BCUT2D eigenvalue weighted by Gasteiger charge is -2.14. The van der Waals surface area contributed by atoms with Gasteiger partial charge >= 0.3 is 0 Å². The van der Waals surface area contributed by atoms with E-state index in [2.05, 4.69) is 15.3 Å². The molecule has 0 aliphatic carbocycles. The molecule has 3 aromatic rings. The molecule has 3 heterocycles. The van der Waals surface area contributed by atoms with Crippen LogP contribution in [0.1, 0.15) is 22.5 Å². The summed E-state index contributed by atoms with van der Waals surface area (Å²) in [5, 5.41) is 3.49. The van der Waals surface area contributed by atoms with E-state index < -0.39 is 0 Å². The molecule has 1 atom stereocenters. The zero-order valence-corrected chi connectivity index (χ0v) is 12.2. The maximum absolute atomic E-state index is 6.03. The van der Waals surface area contributed by atoms with E-state index in [-0.39, 0.29) is 6.04 Å². The van der Waals surface area contributed by atoms with Gasteiger partial charge in [-0.1, -0.05) is 11.6 Å². The van der Waals surface area contributed by atoms with Crippen LogP contribution in [0.5, 0.6) is 0 Å². The van der Waals surface area contributed by atoms with Crippen molar-refractivity contribution >= 4 is 22.9 Å². The highest BCUT2D eigenvalue weighted by molar-refractivity contribution is 7.16. The Morgan fingerprint density at radius 3 is 3.00 bits per heavy atom. The number of nitrogens with one attached hydrogen (secondary N) is 2. The van der Waals surface area contributed by atoms with Crippen molar-refractivity contribution in [3.05, 3.63) is 63.7 Å². The number of thiophene rings is 1. The van der Waals surface area contributed by atoms with Gasteiger partial charge in [0, 0.05) is 30.2 Å². The van der Waals surface area contributed by atoms with E-state index in [0.717, 1.165) is 33.8 Å². The second-order valence-electron chi connectivity index (χ2n) is 4.33. The fourth-order valence-corrected chi connectivity index (χ4v) is 3.19. The molecule has 0 fully saturated rings. The topological polar surface area (TPSA) is 53.9 Å². The molecule has 0 saturated heterocycles. The van der Waals surface area contributed by atoms with Crippen LogP contribution in [0.2, 0.25) is 4.34 Å². The number of rotatable bonds is 6. The van der Waals surface area contributed by atoms with Crippen LogP contribution in [-0.2, 0) is 6.42 Å². The van der Waals surface area contributed by atoms with Crippen molar-refractivity contribution in [2.45, 2.75) is 12.5 Å². The quantitative estimate of drug-likeness (QED) is 0.731. The zero-order valence-electron chi connectivity index (χ0n) is 10.7. The first-order valence-electron chi connectivity index (χ1n) is 6.33. The number of hydrogen-bond donors (Lipinski definition) is 2. The Balaban J connectivity index is 1.70. The highest BCUT2D eigenvalue weighted by atomic mass is 35.5. The number of imidazole rings is 1. The Morgan fingerprint density at radius 1 is 1.40 bits per heavy atom. The highest BCUT2D eigenvalue weighted by Crippen LogP contribution is 2.31. The fraction of sp³-hybridized carbons (Fsp3) is 0.214. The van der Waals surface area contributed by atoms with Crippen LogP contribution >= 0.6 is 22.9 Å². The van der Waals surface area contributed by atoms with Crippen molar-refractivity contribution in [3.63, 3.8) is 0 Å². The van der Waals surface area contributed by atoms with Gasteiger partial charge in [-0.25, -0.2) is 4.98 Å². The monoisotopic (exact) mass is 307 g/mol. The minimum Gasteiger partial charge on any atom is -0.467 e. The molecule has 0 radical (unpaired) electrons. The molecule has 6 heteroatoms. The van der Waals surface area contributed by atoms with E-state index in [4.69, 9.17) is 16.0 Å². The third-order valence-electron chi connectivity index (χ3n) is 2.97. The summed E-state index contributed by atoms with van der Waals surface area (Å²) in [4.78, 5) is 8.45. The van der Waals surface area contributed by atoms with Crippen LogP contribution in [-0.4, -0.2) is 16.5 Å². The van der Waals surface area contributed by atoms with E-state index in [0.29, 0.717) is 0 Å². The lowest BCUT2D eigenvalue weighted by atomic mass is 10.2. The summed E-state index contributed by atoms with van der Waals surface area (Å²) in [6, 6.07) is 7.83. The van der Waals surface area contributed by atoms with Crippen LogP contribution in [0.3, 0.4) is 0 Å². The molecule has 2 N–H and O–H groups in total. The maximum Gasteiger partial charge on any atom is 0.126 e. The summed E-state index contributed by atoms with van der Waals surface area (Å²) in [7, 11) is 0. The summed E-state index contributed by atoms with van der Waals surface area (Å²) in [5.74, 6) is 1.86. The van der Waals surface area contributed by atoms with Gasteiger partial charge in [0.15, 0.2) is 0 Å². The van der Waals surface area contributed by atoms with Crippen molar-refractivity contribution < 1.29 is 4.42 Å². The van der Waals surface area contributed by atoms with Gasteiger partial charge in [-0.3, -0.25) is 0 Å². The number of aromatic nitrogens is 2. The van der Waals surface area contributed by atoms with Crippen molar-refractivity contribution in [2.75, 3.05) is 6.54 Å². The Hall–Kier alpha value is -1.56. The molecule has 20 heavy (non-hydrogen) atoms. The Bertz CT molecular complexity index is 633. The van der Waals surface area contributed by atoms with Gasteiger partial charge < -0.3 is 14.7 Å². The summed E-state index contributed by atoms with van der Waals surface area (Å²) in [5.41, 5.74) is 0. The SMILES string of the molecule is Clc1ccc(C(NCCc2ncc[nH]2)c2ccco2)s1.